The minimum Gasteiger partial charge on any atom is -0.496 e. The van der Waals surface area contributed by atoms with Crippen LogP contribution in [0.4, 0.5) is 5.82 Å². The number of nitrogens with two attached hydrogens (primary N) is 1. The highest BCUT2D eigenvalue weighted by atomic mass is 79.9. The van der Waals surface area contributed by atoms with Gasteiger partial charge in [-0.25, -0.2) is 4.68 Å². The summed E-state index contributed by atoms with van der Waals surface area (Å²) in [4.78, 5) is 0. The lowest BCUT2D eigenvalue weighted by molar-refractivity contribution is 0.412. The summed E-state index contributed by atoms with van der Waals surface area (Å²) in [6, 6.07) is 16.4. The Labute approximate surface area is 155 Å². The second kappa shape index (κ2) is 6.56. The van der Waals surface area contributed by atoms with E-state index < -0.39 is 0 Å². The molecular formula is C20H20BrN3O. The van der Waals surface area contributed by atoms with Crippen LogP contribution >= 0.6 is 15.9 Å². The Kier molecular flexibility index (Phi) is 4.25. The van der Waals surface area contributed by atoms with E-state index in [1.807, 2.05) is 35.0 Å². The van der Waals surface area contributed by atoms with Gasteiger partial charge in [-0.15, -0.1) is 0 Å². The Morgan fingerprint density at radius 3 is 2.64 bits per heavy atom. The molecule has 0 radical (unpaired) electrons. The number of hydrogen-bond acceptors (Lipinski definition) is 3. The lowest BCUT2D eigenvalue weighted by Gasteiger charge is -2.09. The zero-order valence-corrected chi connectivity index (χ0v) is 15.7. The van der Waals surface area contributed by atoms with Crippen molar-refractivity contribution in [2.24, 2.45) is 0 Å². The van der Waals surface area contributed by atoms with Crippen LogP contribution in [0.2, 0.25) is 0 Å². The summed E-state index contributed by atoms with van der Waals surface area (Å²) in [5, 5.41) is 4.86. The lowest BCUT2D eigenvalue weighted by Crippen LogP contribution is -2.06. The molecule has 0 bridgehead atoms. The maximum absolute atomic E-state index is 6.53. The summed E-state index contributed by atoms with van der Waals surface area (Å²) in [6.07, 6.45) is 2.37. The summed E-state index contributed by atoms with van der Waals surface area (Å²) in [5.74, 6) is 2.04. The molecule has 1 aromatic heterocycles. The number of nitrogens with zero attached hydrogens (tertiary/aromatic N) is 2. The van der Waals surface area contributed by atoms with Crippen LogP contribution in [0.5, 0.6) is 5.75 Å². The van der Waals surface area contributed by atoms with Gasteiger partial charge in [0.2, 0.25) is 0 Å². The van der Waals surface area contributed by atoms with E-state index in [0.717, 1.165) is 32.9 Å². The van der Waals surface area contributed by atoms with Crippen LogP contribution in [-0.4, -0.2) is 16.9 Å². The molecule has 25 heavy (non-hydrogen) atoms. The Balaban J connectivity index is 1.79. The Morgan fingerprint density at radius 2 is 1.96 bits per heavy atom. The highest BCUT2D eigenvalue weighted by Gasteiger charge is 2.32. The molecule has 128 valence electrons. The number of anilines is 1. The van der Waals surface area contributed by atoms with E-state index >= 15 is 0 Å². The highest BCUT2D eigenvalue weighted by Crippen LogP contribution is 2.46. The molecule has 0 spiro atoms. The van der Waals surface area contributed by atoms with Gasteiger partial charge in [-0.3, -0.25) is 0 Å². The quantitative estimate of drug-likeness (QED) is 0.670. The number of aromatic nitrogens is 2. The number of ether oxygens (including phenoxy) is 1. The molecule has 1 saturated carbocycles. The number of benzene rings is 2. The molecule has 0 saturated heterocycles. The first kappa shape index (κ1) is 16.2. The lowest BCUT2D eigenvalue weighted by atomic mass is 10.0. The van der Waals surface area contributed by atoms with E-state index in [9.17, 15) is 0 Å². The van der Waals surface area contributed by atoms with Gasteiger partial charge in [-0.2, -0.15) is 5.10 Å². The normalized spacial score (nSPS) is 13.8. The van der Waals surface area contributed by atoms with Gasteiger partial charge < -0.3 is 10.5 Å². The summed E-state index contributed by atoms with van der Waals surface area (Å²) < 4.78 is 8.31. The molecule has 0 unspecified atom stereocenters. The maximum atomic E-state index is 6.53. The zero-order valence-electron chi connectivity index (χ0n) is 14.1. The minimum absolute atomic E-state index is 0.518. The Hall–Kier alpha value is -2.27. The molecule has 1 aliphatic rings. The molecule has 0 aliphatic heterocycles. The zero-order chi connectivity index (χ0) is 17.4. The van der Waals surface area contributed by atoms with Crippen molar-refractivity contribution in [1.82, 2.24) is 9.78 Å². The van der Waals surface area contributed by atoms with E-state index in [1.54, 1.807) is 7.11 Å². The van der Waals surface area contributed by atoms with E-state index in [0.29, 0.717) is 12.5 Å². The van der Waals surface area contributed by atoms with Crippen molar-refractivity contribution in [1.29, 1.82) is 0 Å². The van der Waals surface area contributed by atoms with Gasteiger partial charge in [0.05, 0.1) is 23.8 Å². The summed E-state index contributed by atoms with van der Waals surface area (Å²) in [6.45, 7) is 0.681. The SMILES string of the molecule is COc1cc(-c2c(C3CC3)nn(Cc3ccccc3)c2N)ccc1Br. The van der Waals surface area contributed by atoms with Gasteiger partial charge in [0.15, 0.2) is 0 Å². The van der Waals surface area contributed by atoms with E-state index in [1.165, 1.54) is 18.4 Å². The smallest absolute Gasteiger partial charge is 0.133 e. The fourth-order valence-electron chi connectivity index (χ4n) is 3.12. The standard InChI is InChI=1S/C20H20BrN3O/c1-25-17-11-15(9-10-16(17)21)18-19(14-7-8-14)23-24(20(18)22)12-13-5-3-2-4-6-13/h2-6,9-11,14H,7-8,12,22H2,1H3. The molecule has 0 amide bonds. The first-order chi connectivity index (χ1) is 12.2. The second-order valence-electron chi connectivity index (χ2n) is 6.41. The molecule has 5 heteroatoms. The first-order valence-electron chi connectivity index (χ1n) is 8.41. The van der Waals surface area contributed by atoms with Gasteiger partial charge in [0.1, 0.15) is 11.6 Å². The number of nitrogen functional groups attached to an aromatic ring is 1. The average molecular weight is 398 g/mol. The predicted molar refractivity (Wildman–Crippen MR) is 104 cm³/mol. The van der Waals surface area contributed by atoms with E-state index in [-0.39, 0.29) is 0 Å². The molecule has 4 rings (SSSR count). The topological polar surface area (TPSA) is 53.1 Å². The van der Waals surface area contributed by atoms with E-state index in [4.69, 9.17) is 15.6 Å². The van der Waals surface area contributed by atoms with Crippen molar-refractivity contribution in [2.45, 2.75) is 25.3 Å². The first-order valence-corrected chi connectivity index (χ1v) is 9.20. The maximum Gasteiger partial charge on any atom is 0.133 e. The third kappa shape index (κ3) is 3.16. The monoisotopic (exact) mass is 397 g/mol. The number of rotatable bonds is 5. The van der Waals surface area contributed by atoms with E-state index in [2.05, 4.69) is 34.1 Å². The van der Waals surface area contributed by atoms with Gasteiger partial charge in [0, 0.05) is 11.5 Å². The minimum atomic E-state index is 0.518. The van der Waals surface area contributed by atoms with Crippen LogP contribution in [0.15, 0.2) is 53.0 Å². The molecule has 1 aliphatic carbocycles. The fourth-order valence-corrected chi connectivity index (χ4v) is 3.53. The van der Waals surface area contributed by atoms with Crippen molar-refractivity contribution in [3.63, 3.8) is 0 Å². The molecule has 4 nitrogen and oxygen atoms in total. The molecule has 0 atom stereocenters. The molecule has 1 heterocycles. The Bertz CT molecular complexity index is 901. The number of methoxy groups -OCH3 is 1. The Morgan fingerprint density at radius 1 is 1.20 bits per heavy atom. The molecule has 3 aromatic rings. The van der Waals surface area contributed by atoms with Crippen LogP contribution < -0.4 is 10.5 Å². The van der Waals surface area contributed by atoms with Gasteiger partial charge in [-0.05, 0) is 52.0 Å². The van der Waals surface area contributed by atoms with Crippen LogP contribution in [0.1, 0.15) is 30.0 Å². The third-order valence-electron chi connectivity index (χ3n) is 4.60. The largest absolute Gasteiger partial charge is 0.496 e. The predicted octanol–water partition coefficient (Wildman–Crippen LogP) is 4.83. The van der Waals surface area contributed by atoms with Crippen LogP contribution in [0, 0.1) is 0 Å². The van der Waals surface area contributed by atoms with Gasteiger partial charge in [-0.1, -0.05) is 36.4 Å². The van der Waals surface area contributed by atoms with Crippen molar-refractivity contribution >= 4 is 21.7 Å². The van der Waals surface area contributed by atoms with Crippen molar-refractivity contribution in [2.75, 3.05) is 12.8 Å². The molecule has 2 aromatic carbocycles. The summed E-state index contributed by atoms with van der Waals surface area (Å²) in [5.41, 5.74) is 10.9. The molecular weight excluding hydrogens is 378 g/mol. The second-order valence-corrected chi connectivity index (χ2v) is 7.27. The van der Waals surface area contributed by atoms with Crippen LogP contribution in [0.3, 0.4) is 0 Å². The summed E-state index contributed by atoms with van der Waals surface area (Å²) in [7, 11) is 1.67. The number of halogens is 1. The molecule has 1 fully saturated rings. The van der Waals surface area contributed by atoms with Crippen LogP contribution in [0.25, 0.3) is 11.1 Å². The average Bonchev–Trinajstić information content (AvgIpc) is 3.42. The van der Waals surface area contributed by atoms with Crippen molar-refractivity contribution < 1.29 is 4.74 Å². The van der Waals surface area contributed by atoms with Crippen LogP contribution in [-0.2, 0) is 6.54 Å². The third-order valence-corrected chi connectivity index (χ3v) is 5.25. The number of hydrogen-bond donors (Lipinski definition) is 1. The van der Waals surface area contributed by atoms with Crippen molar-refractivity contribution in [3.8, 4) is 16.9 Å². The van der Waals surface area contributed by atoms with Crippen molar-refractivity contribution in [3.05, 3.63) is 64.3 Å². The highest BCUT2D eigenvalue weighted by molar-refractivity contribution is 9.10. The molecule has 2 N–H and O–H groups in total. The fraction of sp³-hybridized carbons (Fsp3) is 0.250. The van der Waals surface area contributed by atoms with Gasteiger partial charge >= 0.3 is 0 Å². The summed E-state index contributed by atoms with van der Waals surface area (Å²) >= 11 is 3.51. The van der Waals surface area contributed by atoms with Gasteiger partial charge in [0.25, 0.3) is 0 Å².